The summed E-state index contributed by atoms with van der Waals surface area (Å²) in [5.74, 6) is -1.24. The summed E-state index contributed by atoms with van der Waals surface area (Å²) in [6.45, 7) is 11.4. The summed E-state index contributed by atoms with van der Waals surface area (Å²) >= 11 is 1.53. The highest BCUT2D eigenvalue weighted by Crippen LogP contribution is 2.40. The molecule has 3 N–H and O–H groups in total. The lowest BCUT2D eigenvalue weighted by Crippen LogP contribution is -2.58. The number of para-hydroxylation sites is 1. The average molecular weight is 626 g/mol. The monoisotopic (exact) mass is 625 g/mol. The van der Waals surface area contributed by atoms with Crippen molar-refractivity contribution < 1.29 is 28.7 Å². The fourth-order valence-corrected chi connectivity index (χ4v) is 6.10. The molecule has 2 aromatic rings. The summed E-state index contributed by atoms with van der Waals surface area (Å²) in [4.78, 5) is 69.0. The number of thiophene rings is 1. The van der Waals surface area contributed by atoms with Gasteiger partial charge in [0.15, 0.2) is 0 Å². The maximum absolute atomic E-state index is 14.1. The van der Waals surface area contributed by atoms with Crippen LogP contribution in [-0.4, -0.2) is 60.0 Å². The van der Waals surface area contributed by atoms with Crippen molar-refractivity contribution in [2.75, 3.05) is 16.3 Å². The molecule has 1 fully saturated rings. The minimum absolute atomic E-state index is 0.0272. The van der Waals surface area contributed by atoms with Gasteiger partial charge in [0.05, 0.1) is 17.9 Å². The zero-order valence-electron chi connectivity index (χ0n) is 26.3. The van der Waals surface area contributed by atoms with Crippen LogP contribution in [0.25, 0.3) is 0 Å². The Hall–Kier alpha value is -3.93. The summed E-state index contributed by atoms with van der Waals surface area (Å²) in [5, 5.41) is 12.1. The van der Waals surface area contributed by atoms with E-state index in [1.165, 1.54) is 18.3 Å². The number of alkyl carbamates (subject to hydrolysis) is 1. The third kappa shape index (κ3) is 8.16. The van der Waals surface area contributed by atoms with Crippen LogP contribution in [0.1, 0.15) is 71.9 Å². The van der Waals surface area contributed by atoms with E-state index in [0.29, 0.717) is 37.3 Å². The molecule has 0 saturated carbocycles. The van der Waals surface area contributed by atoms with Gasteiger partial charge in [-0.25, -0.2) is 4.79 Å². The molecule has 0 aliphatic carbocycles. The maximum atomic E-state index is 14.1. The molecule has 0 bridgehead atoms. The third-order valence-corrected chi connectivity index (χ3v) is 8.16. The highest BCUT2D eigenvalue weighted by atomic mass is 32.1. The highest BCUT2D eigenvalue weighted by molar-refractivity contribution is 7.07. The first-order valence-corrected chi connectivity index (χ1v) is 16.0. The summed E-state index contributed by atoms with van der Waals surface area (Å²) in [5.41, 5.74) is 2.46. The normalized spacial score (nSPS) is 18.1. The molecular formula is C32H43N5O6S. The first kappa shape index (κ1) is 33.0. The van der Waals surface area contributed by atoms with Crippen molar-refractivity contribution in [3.8, 4) is 0 Å². The number of carbonyl (C=O) groups is 5. The van der Waals surface area contributed by atoms with Crippen molar-refractivity contribution in [2.45, 2.75) is 97.5 Å². The Morgan fingerprint density at radius 1 is 1.07 bits per heavy atom. The van der Waals surface area contributed by atoms with Crippen LogP contribution in [0.15, 0.2) is 35.0 Å². The maximum Gasteiger partial charge on any atom is 0.408 e. The molecular weight excluding hydrogens is 582 g/mol. The molecule has 11 nitrogen and oxygen atoms in total. The second-order valence-electron chi connectivity index (χ2n) is 12.8. The fraction of sp³-hybridized carbons (Fsp3) is 0.531. The molecule has 3 atom stereocenters. The lowest BCUT2D eigenvalue weighted by atomic mass is 9.94. The van der Waals surface area contributed by atoms with Crippen LogP contribution in [0, 0.1) is 5.92 Å². The predicted molar refractivity (Wildman–Crippen MR) is 169 cm³/mol. The van der Waals surface area contributed by atoms with Gasteiger partial charge in [0, 0.05) is 19.4 Å². The number of fused-ring (bicyclic) bond motifs is 1. The number of hydrogen-bond donors (Lipinski definition) is 3. The van der Waals surface area contributed by atoms with Gasteiger partial charge in [-0.3, -0.25) is 19.2 Å². The Morgan fingerprint density at radius 3 is 2.43 bits per heavy atom. The minimum atomic E-state index is -0.955. The molecule has 3 heterocycles. The van der Waals surface area contributed by atoms with E-state index in [2.05, 4.69) is 16.0 Å². The Balaban J connectivity index is 1.54. The zero-order chi connectivity index (χ0) is 32.2. The zero-order valence-corrected chi connectivity index (χ0v) is 27.1. The molecule has 0 spiro atoms. The number of amides is 5. The van der Waals surface area contributed by atoms with E-state index in [1.54, 1.807) is 30.6 Å². The van der Waals surface area contributed by atoms with E-state index >= 15 is 0 Å². The Morgan fingerprint density at radius 2 is 1.82 bits per heavy atom. The number of anilines is 2. The number of rotatable bonds is 10. The lowest BCUT2D eigenvalue weighted by Gasteiger charge is -2.37. The highest BCUT2D eigenvalue weighted by Gasteiger charge is 2.39. The molecule has 44 heavy (non-hydrogen) atoms. The van der Waals surface area contributed by atoms with Crippen molar-refractivity contribution in [3.05, 3.63) is 46.2 Å². The summed E-state index contributed by atoms with van der Waals surface area (Å²) in [6.07, 6.45) is 1.06. The van der Waals surface area contributed by atoms with Gasteiger partial charge < -0.3 is 30.5 Å². The van der Waals surface area contributed by atoms with Gasteiger partial charge in [0.25, 0.3) is 0 Å². The van der Waals surface area contributed by atoms with Gasteiger partial charge in [0.2, 0.25) is 23.6 Å². The van der Waals surface area contributed by atoms with E-state index in [4.69, 9.17) is 4.74 Å². The minimum Gasteiger partial charge on any atom is -0.444 e. The summed E-state index contributed by atoms with van der Waals surface area (Å²) < 4.78 is 5.24. The molecule has 238 valence electrons. The molecule has 1 saturated heterocycles. The van der Waals surface area contributed by atoms with E-state index in [-0.39, 0.29) is 24.2 Å². The van der Waals surface area contributed by atoms with Crippen LogP contribution in [-0.2, 0) is 36.9 Å². The second kappa shape index (κ2) is 13.8. The van der Waals surface area contributed by atoms with Crippen molar-refractivity contribution in [3.63, 3.8) is 0 Å². The number of benzene rings is 1. The quantitative estimate of drug-likeness (QED) is 0.367. The van der Waals surface area contributed by atoms with E-state index in [1.807, 2.05) is 48.9 Å². The van der Waals surface area contributed by atoms with E-state index in [9.17, 15) is 24.0 Å². The molecule has 4 rings (SSSR count). The molecule has 1 aromatic carbocycles. The van der Waals surface area contributed by atoms with Crippen LogP contribution >= 0.6 is 11.3 Å². The smallest absolute Gasteiger partial charge is 0.408 e. The second-order valence-corrected chi connectivity index (χ2v) is 13.6. The third-order valence-electron chi connectivity index (χ3n) is 7.42. The Bertz CT molecular complexity index is 1390. The Labute approximate surface area is 262 Å². The lowest BCUT2D eigenvalue weighted by molar-refractivity contribution is -0.132. The van der Waals surface area contributed by atoms with Crippen molar-refractivity contribution >= 4 is 52.4 Å². The number of nitrogens with zero attached hydrogens (tertiary/aromatic N) is 2. The van der Waals surface area contributed by atoms with Gasteiger partial charge in [-0.05, 0) is 80.5 Å². The van der Waals surface area contributed by atoms with Crippen LogP contribution in [0.5, 0.6) is 0 Å². The number of hydrogen-bond acceptors (Lipinski definition) is 7. The van der Waals surface area contributed by atoms with Gasteiger partial charge in [-0.2, -0.15) is 11.3 Å². The number of ether oxygens (including phenoxy) is 1. The fourth-order valence-electron chi connectivity index (χ4n) is 5.44. The van der Waals surface area contributed by atoms with Gasteiger partial charge in [-0.1, -0.05) is 26.0 Å². The van der Waals surface area contributed by atoms with Crippen LogP contribution < -0.4 is 25.8 Å². The topological polar surface area (TPSA) is 137 Å². The largest absolute Gasteiger partial charge is 0.444 e. The molecule has 1 unspecified atom stereocenters. The van der Waals surface area contributed by atoms with Crippen LogP contribution in [0.3, 0.4) is 0 Å². The SMILES string of the molecule is CC(C)C[C@@H](NC(=O)[C@@H](C)NC(=O)OC(C)(C)C)C(=O)NC1Cc2cccc(N3CCCC3=O)c2N(Cc2ccsc2)C1=O. The standard InChI is InChI=1S/C32H43N5O6S/c1-19(2)15-23(34-28(39)20(3)33-31(42)43-32(4,5)6)29(40)35-24-16-22-9-7-10-25(36-13-8-11-26(36)38)27(22)37(30(24)41)17-21-12-14-44-18-21/h7,9-10,12,14,18-20,23-24H,8,11,13,15-17H2,1-6H3,(H,33,42)(H,34,39)(H,35,40)/t20-,23-,24?/m1/s1. The first-order valence-electron chi connectivity index (χ1n) is 15.1. The molecule has 5 amide bonds. The number of carbonyl (C=O) groups excluding carboxylic acids is 5. The summed E-state index contributed by atoms with van der Waals surface area (Å²) in [6, 6.07) is 4.85. The average Bonchev–Trinajstić information content (AvgIpc) is 3.60. The summed E-state index contributed by atoms with van der Waals surface area (Å²) in [7, 11) is 0. The van der Waals surface area contributed by atoms with Gasteiger partial charge in [0.1, 0.15) is 23.7 Å². The molecule has 2 aliphatic rings. The Kier molecular flexibility index (Phi) is 10.3. The van der Waals surface area contributed by atoms with E-state index < -0.39 is 41.6 Å². The van der Waals surface area contributed by atoms with Crippen molar-refractivity contribution in [2.24, 2.45) is 5.92 Å². The van der Waals surface area contributed by atoms with E-state index in [0.717, 1.165) is 17.5 Å². The molecule has 0 radical (unpaired) electrons. The van der Waals surface area contributed by atoms with Crippen molar-refractivity contribution in [1.82, 2.24) is 16.0 Å². The van der Waals surface area contributed by atoms with Gasteiger partial charge in [-0.15, -0.1) is 0 Å². The predicted octanol–water partition coefficient (Wildman–Crippen LogP) is 3.89. The van der Waals surface area contributed by atoms with Crippen LogP contribution in [0.4, 0.5) is 16.2 Å². The first-order chi connectivity index (χ1) is 20.7. The molecule has 12 heteroatoms. The van der Waals surface area contributed by atoms with Gasteiger partial charge >= 0.3 is 6.09 Å². The molecule has 1 aromatic heterocycles. The van der Waals surface area contributed by atoms with Crippen LogP contribution in [0.2, 0.25) is 0 Å². The van der Waals surface area contributed by atoms with Crippen molar-refractivity contribution in [1.29, 1.82) is 0 Å². The molecule has 2 aliphatic heterocycles. The number of nitrogens with one attached hydrogen (secondary N) is 3.